The molecular weight excluding hydrogens is 294 g/mol. The quantitative estimate of drug-likeness (QED) is 0.280. The van der Waals surface area contributed by atoms with Gasteiger partial charge in [0.1, 0.15) is 5.58 Å². The van der Waals surface area contributed by atoms with Gasteiger partial charge in [-0.25, -0.2) is 0 Å². The van der Waals surface area contributed by atoms with Gasteiger partial charge in [0.25, 0.3) is 0 Å². The summed E-state index contributed by atoms with van der Waals surface area (Å²) in [4.78, 5) is 2.00. The Labute approximate surface area is 139 Å². The van der Waals surface area contributed by atoms with E-state index in [-0.39, 0.29) is 0 Å². The Bertz CT molecular complexity index is 1230. The predicted molar refractivity (Wildman–Crippen MR) is 103 cm³/mol. The van der Waals surface area contributed by atoms with Crippen molar-refractivity contribution >= 4 is 49.2 Å². The van der Waals surface area contributed by atoms with Gasteiger partial charge in [-0.05, 0) is 45.1 Å². The highest BCUT2D eigenvalue weighted by Crippen LogP contribution is 2.36. The van der Waals surface area contributed by atoms with Gasteiger partial charge in [0.15, 0.2) is 5.88 Å². The maximum Gasteiger partial charge on any atom is 0.196 e. The van der Waals surface area contributed by atoms with E-state index >= 15 is 0 Å². The highest BCUT2D eigenvalue weighted by Gasteiger charge is 2.11. The van der Waals surface area contributed by atoms with Crippen LogP contribution >= 0.6 is 0 Å². The average molecular weight is 311 g/mol. The molecule has 5 rings (SSSR count). The predicted octanol–water partition coefficient (Wildman–Crippen LogP) is 5.96. The minimum atomic E-state index is 0.885. The number of rotatable bonds is 1. The van der Waals surface area contributed by atoms with Gasteiger partial charge in [0, 0.05) is 30.9 Å². The SMILES string of the molecule is CN(C)c1cc2ccc3c4cc5ccccc5cc4ccc3c2o1. The van der Waals surface area contributed by atoms with E-state index in [0.29, 0.717) is 0 Å². The number of nitrogens with zero attached hydrogens (tertiary/aromatic N) is 1. The molecule has 2 heteroatoms. The molecule has 0 spiro atoms. The first-order chi connectivity index (χ1) is 11.7. The van der Waals surface area contributed by atoms with E-state index < -0.39 is 0 Å². The molecule has 0 saturated carbocycles. The topological polar surface area (TPSA) is 16.4 Å². The monoisotopic (exact) mass is 311 g/mol. The van der Waals surface area contributed by atoms with Gasteiger partial charge in [-0.15, -0.1) is 0 Å². The zero-order valence-electron chi connectivity index (χ0n) is 13.7. The molecule has 0 atom stereocenters. The standard InChI is InChI=1S/C22H17NO/c1-23(2)21-13-17-8-9-18-19(22(17)24-21)10-7-16-11-14-5-3-4-6-15(14)12-20(16)18/h3-13H,1-2H3. The van der Waals surface area contributed by atoms with Crippen molar-refractivity contribution in [3.05, 3.63) is 66.7 Å². The second kappa shape index (κ2) is 4.75. The summed E-state index contributed by atoms with van der Waals surface area (Å²) in [6.45, 7) is 0. The summed E-state index contributed by atoms with van der Waals surface area (Å²) in [5.41, 5.74) is 0.964. The Kier molecular flexibility index (Phi) is 2.66. The fourth-order valence-corrected chi connectivity index (χ4v) is 3.53. The molecule has 4 aromatic carbocycles. The lowest BCUT2D eigenvalue weighted by molar-refractivity contribution is 0.613. The molecule has 0 radical (unpaired) electrons. The number of fused-ring (bicyclic) bond motifs is 6. The molecule has 116 valence electrons. The Hall–Kier alpha value is -3.00. The van der Waals surface area contributed by atoms with Crippen LogP contribution in [0.1, 0.15) is 0 Å². The summed E-state index contributed by atoms with van der Waals surface area (Å²) in [6.07, 6.45) is 0. The lowest BCUT2D eigenvalue weighted by Gasteiger charge is -2.07. The first-order valence-corrected chi connectivity index (χ1v) is 8.16. The fourth-order valence-electron chi connectivity index (χ4n) is 3.53. The largest absolute Gasteiger partial charge is 0.440 e. The smallest absolute Gasteiger partial charge is 0.196 e. The number of hydrogen-bond acceptors (Lipinski definition) is 2. The van der Waals surface area contributed by atoms with Crippen molar-refractivity contribution in [2.24, 2.45) is 0 Å². The van der Waals surface area contributed by atoms with Crippen molar-refractivity contribution in [3.8, 4) is 0 Å². The molecule has 2 nitrogen and oxygen atoms in total. The van der Waals surface area contributed by atoms with Crippen LogP contribution in [0, 0.1) is 0 Å². The molecule has 0 bridgehead atoms. The van der Waals surface area contributed by atoms with Crippen molar-refractivity contribution in [2.75, 3.05) is 19.0 Å². The third kappa shape index (κ3) is 1.83. The average Bonchev–Trinajstić information content (AvgIpc) is 3.04. The Morgan fingerprint density at radius 2 is 1.33 bits per heavy atom. The van der Waals surface area contributed by atoms with Gasteiger partial charge in [-0.1, -0.05) is 42.5 Å². The van der Waals surface area contributed by atoms with Gasteiger partial charge in [0.05, 0.1) is 0 Å². The van der Waals surface area contributed by atoms with E-state index in [9.17, 15) is 0 Å². The molecule has 0 aliphatic rings. The summed E-state index contributed by atoms with van der Waals surface area (Å²) < 4.78 is 6.11. The Morgan fingerprint density at radius 3 is 2.12 bits per heavy atom. The second-order valence-electron chi connectivity index (χ2n) is 6.54. The summed E-state index contributed by atoms with van der Waals surface area (Å²) >= 11 is 0. The van der Waals surface area contributed by atoms with Crippen LogP contribution in [-0.2, 0) is 0 Å². The first kappa shape index (κ1) is 13.4. The van der Waals surface area contributed by atoms with Crippen LogP contribution in [0.15, 0.2) is 71.1 Å². The van der Waals surface area contributed by atoms with Crippen molar-refractivity contribution in [3.63, 3.8) is 0 Å². The van der Waals surface area contributed by atoms with Crippen molar-refractivity contribution in [2.45, 2.75) is 0 Å². The molecule has 0 unspecified atom stereocenters. The van der Waals surface area contributed by atoms with Crippen molar-refractivity contribution in [1.82, 2.24) is 0 Å². The summed E-state index contributed by atoms with van der Waals surface area (Å²) in [5, 5.41) is 8.64. The third-order valence-corrected chi connectivity index (χ3v) is 4.79. The van der Waals surface area contributed by atoms with Crippen LogP contribution in [0.3, 0.4) is 0 Å². The number of anilines is 1. The van der Waals surface area contributed by atoms with Crippen molar-refractivity contribution in [1.29, 1.82) is 0 Å². The zero-order valence-corrected chi connectivity index (χ0v) is 13.7. The Morgan fingerprint density at radius 1 is 0.625 bits per heavy atom. The van der Waals surface area contributed by atoms with Crippen LogP contribution in [-0.4, -0.2) is 14.1 Å². The summed E-state index contributed by atoms with van der Waals surface area (Å²) in [5.74, 6) is 0.885. The van der Waals surface area contributed by atoms with Gasteiger partial charge in [-0.3, -0.25) is 0 Å². The number of benzene rings is 4. The maximum atomic E-state index is 6.11. The minimum absolute atomic E-state index is 0.885. The third-order valence-electron chi connectivity index (χ3n) is 4.79. The summed E-state index contributed by atoms with van der Waals surface area (Å²) in [7, 11) is 4.00. The molecule has 1 heterocycles. The van der Waals surface area contributed by atoms with E-state index in [1.165, 1.54) is 32.3 Å². The molecule has 0 saturated heterocycles. The van der Waals surface area contributed by atoms with E-state index in [2.05, 4.69) is 66.7 Å². The van der Waals surface area contributed by atoms with Gasteiger partial charge in [-0.2, -0.15) is 0 Å². The van der Waals surface area contributed by atoms with Crippen LogP contribution in [0.4, 0.5) is 5.88 Å². The molecule has 5 aromatic rings. The highest BCUT2D eigenvalue weighted by molar-refractivity contribution is 6.18. The number of furan rings is 1. The van der Waals surface area contributed by atoms with Crippen LogP contribution in [0.5, 0.6) is 0 Å². The van der Waals surface area contributed by atoms with Crippen LogP contribution < -0.4 is 4.90 Å². The van der Waals surface area contributed by atoms with Crippen LogP contribution in [0.25, 0.3) is 43.3 Å². The first-order valence-electron chi connectivity index (χ1n) is 8.16. The molecule has 0 N–H and O–H groups in total. The van der Waals surface area contributed by atoms with Gasteiger partial charge >= 0.3 is 0 Å². The molecule has 0 amide bonds. The normalized spacial score (nSPS) is 11.8. The molecule has 0 aliphatic heterocycles. The zero-order chi connectivity index (χ0) is 16.3. The van der Waals surface area contributed by atoms with Crippen molar-refractivity contribution < 1.29 is 4.42 Å². The molecule has 1 aromatic heterocycles. The van der Waals surface area contributed by atoms with Gasteiger partial charge < -0.3 is 9.32 Å². The molecular formula is C22H17NO. The molecule has 24 heavy (non-hydrogen) atoms. The van der Waals surface area contributed by atoms with E-state index in [0.717, 1.165) is 16.9 Å². The van der Waals surface area contributed by atoms with E-state index in [1.807, 2.05) is 19.0 Å². The second-order valence-corrected chi connectivity index (χ2v) is 6.54. The molecule has 0 fully saturated rings. The van der Waals surface area contributed by atoms with E-state index in [1.54, 1.807) is 0 Å². The lowest BCUT2D eigenvalue weighted by atomic mass is 9.97. The molecule has 0 aliphatic carbocycles. The fraction of sp³-hybridized carbons (Fsp3) is 0.0909. The Balaban J connectivity index is 1.92. The number of hydrogen-bond donors (Lipinski definition) is 0. The van der Waals surface area contributed by atoms with Gasteiger partial charge in [0.2, 0.25) is 0 Å². The summed E-state index contributed by atoms with van der Waals surface area (Å²) in [6, 6.07) is 23.9. The van der Waals surface area contributed by atoms with Crippen LogP contribution in [0.2, 0.25) is 0 Å². The highest BCUT2D eigenvalue weighted by atomic mass is 16.4. The lowest BCUT2D eigenvalue weighted by Crippen LogP contribution is -2.06. The van der Waals surface area contributed by atoms with E-state index in [4.69, 9.17) is 4.42 Å². The maximum absolute atomic E-state index is 6.11. The minimum Gasteiger partial charge on any atom is -0.440 e.